The molecule has 0 unspecified atom stereocenters. The number of amides is 2. The average Bonchev–Trinajstić information content (AvgIpc) is 2.39. The number of carbonyl (C=O) groups excluding carboxylic acids is 2. The topological polar surface area (TPSA) is 58.6 Å². The van der Waals surface area contributed by atoms with E-state index in [0.717, 1.165) is 0 Å². The molecule has 2 amide bonds. The maximum absolute atomic E-state index is 13.2. The van der Waals surface area contributed by atoms with Gasteiger partial charge in [0.15, 0.2) is 0 Å². The number of hydrogen-bond acceptors (Lipinski definition) is 3. The third-order valence-electron chi connectivity index (χ3n) is 2.69. The molecule has 0 radical (unpaired) electrons. The van der Waals surface area contributed by atoms with Gasteiger partial charge in [0, 0.05) is 39.2 Å². The summed E-state index contributed by atoms with van der Waals surface area (Å²) in [5.41, 5.74) is 0.446. The molecule has 0 aromatic heterocycles. The smallest absolute Gasteiger partial charge is 0.223 e. The first-order valence-corrected chi connectivity index (χ1v) is 6.34. The molecule has 0 saturated heterocycles. The fourth-order valence-corrected chi connectivity index (χ4v) is 1.71. The summed E-state index contributed by atoms with van der Waals surface area (Å²) < 4.78 is 18.0. The molecule has 0 saturated carbocycles. The number of halogens is 1. The number of rotatable bonds is 7. The summed E-state index contributed by atoms with van der Waals surface area (Å²) in [6, 6.07) is 5.73. The minimum Gasteiger partial charge on any atom is -0.383 e. The molecular formula is C14H19FN2O3. The summed E-state index contributed by atoms with van der Waals surface area (Å²) in [5, 5.41) is 2.66. The third-order valence-corrected chi connectivity index (χ3v) is 2.69. The SMILES string of the molecule is COCCNC(=O)CCN(C(C)=O)c1cccc(F)c1. The van der Waals surface area contributed by atoms with E-state index in [1.807, 2.05) is 0 Å². The van der Waals surface area contributed by atoms with Gasteiger partial charge in [-0.05, 0) is 18.2 Å². The molecule has 1 rings (SSSR count). The summed E-state index contributed by atoms with van der Waals surface area (Å²) in [5.74, 6) is -0.830. The van der Waals surface area contributed by atoms with E-state index in [4.69, 9.17) is 4.74 Å². The summed E-state index contributed by atoms with van der Waals surface area (Å²) in [6.45, 7) is 2.45. The molecule has 1 aromatic carbocycles. The van der Waals surface area contributed by atoms with Gasteiger partial charge in [-0.2, -0.15) is 0 Å². The summed E-state index contributed by atoms with van der Waals surface area (Å²) in [7, 11) is 1.55. The predicted molar refractivity (Wildman–Crippen MR) is 73.9 cm³/mol. The molecule has 5 nitrogen and oxygen atoms in total. The zero-order valence-corrected chi connectivity index (χ0v) is 11.7. The minimum absolute atomic E-state index is 0.153. The first-order chi connectivity index (χ1) is 9.54. The molecule has 0 spiro atoms. The Morgan fingerprint density at radius 1 is 1.40 bits per heavy atom. The fraction of sp³-hybridized carbons (Fsp3) is 0.429. The maximum atomic E-state index is 13.2. The van der Waals surface area contributed by atoms with Gasteiger partial charge in [0.2, 0.25) is 11.8 Å². The Labute approximate surface area is 117 Å². The lowest BCUT2D eigenvalue weighted by Gasteiger charge is -2.21. The highest BCUT2D eigenvalue weighted by Gasteiger charge is 2.13. The van der Waals surface area contributed by atoms with E-state index in [9.17, 15) is 14.0 Å². The number of anilines is 1. The van der Waals surface area contributed by atoms with E-state index in [1.165, 1.54) is 30.0 Å². The van der Waals surface area contributed by atoms with Crippen molar-refractivity contribution in [3.8, 4) is 0 Å². The first kappa shape index (κ1) is 16.1. The lowest BCUT2D eigenvalue weighted by Crippen LogP contribution is -2.34. The fourth-order valence-electron chi connectivity index (χ4n) is 1.71. The normalized spacial score (nSPS) is 10.2. The Hall–Kier alpha value is -1.95. The Balaban J connectivity index is 2.56. The lowest BCUT2D eigenvalue weighted by atomic mass is 10.2. The summed E-state index contributed by atoms with van der Waals surface area (Å²) >= 11 is 0. The highest BCUT2D eigenvalue weighted by Crippen LogP contribution is 2.16. The molecule has 1 N–H and O–H groups in total. The standard InChI is InChI=1S/C14H19FN2O3/c1-11(18)17(13-5-3-4-12(15)10-13)8-6-14(19)16-7-9-20-2/h3-5,10H,6-9H2,1-2H3,(H,16,19). The lowest BCUT2D eigenvalue weighted by molar-refractivity contribution is -0.121. The summed E-state index contributed by atoms with van der Waals surface area (Å²) in [6.07, 6.45) is 0.153. The van der Waals surface area contributed by atoms with Gasteiger partial charge in [-0.1, -0.05) is 6.07 Å². The Bertz CT molecular complexity index is 465. The molecule has 1 aromatic rings. The summed E-state index contributed by atoms with van der Waals surface area (Å²) in [4.78, 5) is 24.5. The molecule has 0 atom stereocenters. The van der Waals surface area contributed by atoms with Gasteiger partial charge in [0.25, 0.3) is 0 Å². The van der Waals surface area contributed by atoms with Crippen LogP contribution in [0.25, 0.3) is 0 Å². The van der Waals surface area contributed by atoms with Crippen molar-refractivity contribution in [2.24, 2.45) is 0 Å². The van der Waals surface area contributed by atoms with Crippen LogP contribution in [0.4, 0.5) is 10.1 Å². The highest BCUT2D eigenvalue weighted by molar-refractivity contribution is 5.92. The van der Waals surface area contributed by atoms with Gasteiger partial charge in [0.1, 0.15) is 5.82 Å². The quantitative estimate of drug-likeness (QED) is 0.768. The van der Waals surface area contributed by atoms with Crippen molar-refractivity contribution in [1.82, 2.24) is 5.32 Å². The third kappa shape index (κ3) is 5.36. The van der Waals surface area contributed by atoms with Crippen LogP contribution in [0.15, 0.2) is 24.3 Å². The van der Waals surface area contributed by atoms with Gasteiger partial charge >= 0.3 is 0 Å². The van der Waals surface area contributed by atoms with Crippen molar-refractivity contribution in [3.05, 3.63) is 30.1 Å². The van der Waals surface area contributed by atoms with Gasteiger partial charge in [0.05, 0.1) is 6.61 Å². The van der Waals surface area contributed by atoms with E-state index >= 15 is 0 Å². The second kappa shape index (κ2) is 8.27. The van der Waals surface area contributed by atoms with Gasteiger partial charge in [-0.15, -0.1) is 0 Å². The number of nitrogens with one attached hydrogen (secondary N) is 1. The number of nitrogens with zero attached hydrogens (tertiary/aromatic N) is 1. The predicted octanol–water partition coefficient (Wildman–Crippen LogP) is 1.33. The van der Waals surface area contributed by atoms with Crippen LogP contribution in [-0.2, 0) is 14.3 Å². The van der Waals surface area contributed by atoms with E-state index in [-0.39, 0.29) is 24.8 Å². The molecule has 0 fully saturated rings. The van der Waals surface area contributed by atoms with Crippen LogP contribution in [-0.4, -0.2) is 38.6 Å². The number of benzene rings is 1. The molecule has 0 aliphatic heterocycles. The van der Waals surface area contributed by atoms with Gasteiger partial charge in [-0.3, -0.25) is 9.59 Å². The van der Waals surface area contributed by atoms with Gasteiger partial charge < -0.3 is 15.0 Å². The number of carbonyl (C=O) groups is 2. The van der Waals surface area contributed by atoms with E-state index in [1.54, 1.807) is 13.2 Å². The van der Waals surface area contributed by atoms with Crippen molar-refractivity contribution in [3.63, 3.8) is 0 Å². The largest absolute Gasteiger partial charge is 0.383 e. The van der Waals surface area contributed by atoms with Crippen molar-refractivity contribution in [1.29, 1.82) is 0 Å². The van der Waals surface area contributed by atoms with Gasteiger partial charge in [-0.25, -0.2) is 4.39 Å². The number of ether oxygens (including phenoxy) is 1. The Morgan fingerprint density at radius 2 is 2.15 bits per heavy atom. The molecule has 0 bridgehead atoms. The molecule has 20 heavy (non-hydrogen) atoms. The van der Waals surface area contributed by atoms with Crippen molar-refractivity contribution >= 4 is 17.5 Å². The monoisotopic (exact) mass is 282 g/mol. The highest BCUT2D eigenvalue weighted by atomic mass is 19.1. The van der Waals surface area contributed by atoms with Crippen LogP contribution in [0.3, 0.4) is 0 Å². The van der Waals surface area contributed by atoms with E-state index in [0.29, 0.717) is 18.8 Å². The zero-order chi connectivity index (χ0) is 15.0. The molecule has 110 valence electrons. The average molecular weight is 282 g/mol. The van der Waals surface area contributed by atoms with Crippen molar-refractivity contribution in [2.75, 3.05) is 31.7 Å². The second-order valence-electron chi connectivity index (χ2n) is 4.24. The molecule has 0 aliphatic rings. The molecule has 0 aliphatic carbocycles. The number of hydrogen-bond donors (Lipinski definition) is 1. The van der Waals surface area contributed by atoms with Crippen molar-refractivity contribution < 1.29 is 18.7 Å². The first-order valence-electron chi connectivity index (χ1n) is 6.34. The molecule has 0 heterocycles. The van der Waals surface area contributed by atoms with Crippen LogP contribution in [0.2, 0.25) is 0 Å². The van der Waals surface area contributed by atoms with Crippen LogP contribution in [0.1, 0.15) is 13.3 Å². The van der Waals surface area contributed by atoms with Crippen LogP contribution in [0.5, 0.6) is 0 Å². The molecule has 6 heteroatoms. The van der Waals surface area contributed by atoms with Crippen LogP contribution >= 0.6 is 0 Å². The molecular weight excluding hydrogens is 263 g/mol. The number of methoxy groups -OCH3 is 1. The minimum atomic E-state index is -0.418. The Morgan fingerprint density at radius 3 is 2.75 bits per heavy atom. The van der Waals surface area contributed by atoms with Crippen LogP contribution in [0, 0.1) is 5.82 Å². The van der Waals surface area contributed by atoms with Crippen molar-refractivity contribution in [2.45, 2.75) is 13.3 Å². The van der Waals surface area contributed by atoms with Crippen LogP contribution < -0.4 is 10.2 Å². The maximum Gasteiger partial charge on any atom is 0.223 e. The zero-order valence-electron chi connectivity index (χ0n) is 11.7. The Kier molecular flexibility index (Phi) is 6.66. The van der Waals surface area contributed by atoms with E-state index in [2.05, 4.69) is 5.32 Å². The second-order valence-corrected chi connectivity index (χ2v) is 4.24. The van der Waals surface area contributed by atoms with E-state index < -0.39 is 5.82 Å².